The van der Waals surface area contributed by atoms with E-state index < -0.39 is 0 Å². The van der Waals surface area contributed by atoms with Gasteiger partial charge < -0.3 is 10.6 Å². The summed E-state index contributed by atoms with van der Waals surface area (Å²) >= 11 is 3.36. The predicted molar refractivity (Wildman–Crippen MR) is 97.9 cm³/mol. The Hall–Kier alpha value is -2.73. The van der Waals surface area contributed by atoms with E-state index >= 15 is 0 Å². The van der Waals surface area contributed by atoms with Crippen molar-refractivity contribution in [3.63, 3.8) is 0 Å². The van der Waals surface area contributed by atoms with Crippen molar-refractivity contribution in [2.24, 2.45) is 0 Å². The maximum Gasteiger partial charge on any atom is 0.255 e. The fraction of sp³-hybridized carbons (Fsp3) is 0.0556. The summed E-state index contributed by atoms with van der Waals surface area (Å²) in [6.07, 6.45) is 5.17. The molecule has 2 heterocycles. The highest BCUT2D eigenvalue weighted by Crippen LogP contribution is 2.15. The fourth-order valence-electron chi connectivity index (χ4n) is 2.10. The van der Waals surface area contributed by atoms with Crippen LogP contribution in [0.2, 0.25) is 0 Å². The molecular weight excluding hydrogens is 368 g/mol. The number of hydrogen-bond acceptors (Lipinski definition) is 4. The first-order valence-electron chi connectivity index (χ1n) is 7.36. The van der Waals surface area contributed by atoms with E-state index in [2.05, 4.69) is 36.5 Å². The summed E-state index contributed by atoms with van der Waals surface area (Å²) < 4.78 is 0.864. The summed E-state index contributed by atoms with van der Waals surface area (Å²) in [5.74, 6) is 0.563. The van der Waals surface area contributed by atoms with Gasteiger partial charge in [-0.1, -0.05) is 28.1 Å². The van der Waals surface area contributed by atoms with Crippen molar-refractivity contribution < 1.29 is 4.79 Å². The molecule has 0 saturated heterocycles. The molecule has 0 spiro atoms. The lowest BCUT2D eigenvalue weighted by Gasteiger charge is -2.08. The Morgan fingerprint density at radius 1 is 1.08 bits per heavy atom. The van der Waals surface area contributed by atoms with E-state index in [4.69, 9.17) is 0 Å². The molecule has 120 valence electrons. The lowest BCUT2D eigenvalue weighted by molar-refractivity contribution is 0.102. The quantitative estimate of drug-likeness (QED) is 0.696. The minimum Gasteiger partial charge on any atom is -0.366 e. The molecule has 0 saturated carbocycles. The topological polar surface area (TPSA) is 66.9 Å². The third-order valence-electron chi connectivity index (χ3n) is 3.30. The van der Waals surface area contributed by atoms with Crippen molar-refractivity contribution in [1.82, 2.24) is 9.97 Å². The van der Waals surface area contributed by atoms with Crippen LogP contribution in [0.4, 0.5) is 11.5 Å². The molecule has 0 aliphatic rings. The first kappa shape index (κ1) is 16.1. The Morgan fingerprint density at radius 3 is 2.71 bits per heavy atom. The maximum absolute atomic E-state index is 12.2. The van der Waals surface area contributed by atoms with Crippen molar-refractivity contribution in [3.05, 3.63) is 82.7 Å². The van der Waals surface area contributed by atoms with Gasteiger partial charge in [-0.15, -0.1) is 0 Å². The predicted octanol–water partition coefficient (Wildman–Crippen LogP) is 4.10. The van der Waals surface area contributed by atoms with Crippen molar-refractivity contribution in [3.8, 4) is 0 Å². The molecule has 0 aliphatic carbocycles. The Balaban J connectivity index is 1.59. The lowest BCUT2D eigenvalue weighted by Crippen LogP contribution is -2.12. The number of pyridine rings is 2. The van der Waals surface area contributed by atoms with E-state index in [0.29, 0.717) is 17.8 Å². The monoisotopic (exact) mass is 382 g/mol. The first-order chi connectivity index (χ1) is 11.7. The van der Waals surface area contributed by atoms with Crippen LogP contribution in [0.3, 0.4) is 0 Å². The van der Waals surface area contributed by atoms with Crippen molar-refractivity contribution >= 4 is 33.3 Å². The van der Waals surface area contributed by atoms with Gasteiger partial charge in [0, 0.05) is 29.0 Å². The molecule has 2 aromatic heterocycles. The zero-order valence-corrected chi connectivity index (χ0v) is 14.3. The van der Waals surface area contributed by atoms with Gasteiger partial charge in [0.15, 0.2) is 0 Å². The van der Waals surface area contributed by atoms with Gasteiger partial charge in [-0.25, -0.2) is 4.98 Å². The third kappa shape index (κ3) is 4.39. The van der Waals surface area contributed by atoms with E-state index in [1.807, 2.05) is 36.4 Å². The summed E-state index contributed by atoms with van der Waals surface area (Å²) in [6.45, 7) is 0.643. The van der Waals surface area contributed by atoms with Crippen molar-refractivity contribution in [2.45, 2.75) is 6.54 Å². The fourth-order valence-corrected chi connectivity index (χ4v) is 2.50. The molecule has 0 bridgehead atoms. The van der Waals surface area contributed by atoms with Gasteiger partial charge in [0.1, 0.15) is 5.82 Å². The number of benzene rings is 1. The average molecular weight is 383 g/mol. The summed E-state index contributed by atoms with van der Waals surface area (Å²) in [5, 5.41) is 6.04. The number of aromatic nitrogens is 2. The molecule has 6 heteroatoms. The Bertz CT molecular complexity index is 822. The molecule has 3 aromatic rings. The Kier molecular flexibility index (Phi) is 5.18. The largest absolute Gasteiger partial charge is 0.366 e. The molecule has 2 N–H and O–H groups in total. The van der Waals surface area contributed by atoms with Gasteiger partial charge in [0.2, 0.25) is 0 Å². The van der Waals surface area contributed by atoms with Crippen molar-refractivity contribution in [1.29, 1.82) is 0 Å². The van der Waals surface area contributed by atoms with Gasteiger partial charge in [-0.05, 0) is 42.0 Å². The Morgan fingerprint density at radius 2 is 2.00 bits per heavy atom. The molecule has 0 atom stereocenters. The SMILES string of the molecule is O=C(Nc1ccc(NCc2cccnc2)nc1)c1cccc(Br)c1. The van der Waals surface area contributed by atoms with E-state index in [0.717, 1.165) is 15.9 Å². The molecular formula is C18H15BrN4O. The normalized spacial score (nSPS) is 10.2. The molecule has 3 rings (SSSR count). The van der Waals surface area contributed by atoms with Crippen LogP contribution in [0.25, 0.3) is 0 Å². The second kappa shape index (κ2) is 7.70. The van der Waals surface area contributed by atoms with Crippen LogP contribution in [-0.2, 0) is 6.54 Å². The number of hydrogen-bond donors (Lipinski definition) is 2. The zero-order valence-electron chi connectivity index (χ0n) is 12.7. The number of carbonyl (C=O) groups excluding carboxylic acids is 1. The molecule has 5 nitrogen and oxygen atoms in total. The average Bonchev–Trinajstić information content (AvgIpc) is 2.62. The minimum absolute atomic E-state index is 0.172. The zero-order chi connectivity index (χ0) is 16.8. The lowest BCUT2D eigenvalue weighted by atomic mass is 10.2. The first-order valence-corrected chi connectivity index (χ1v) is 8.16. The number of nitrogens with zero attached hydrogens (tertiary/aromatic N) is 2. The van der Waals surface area contributed by atoms with Crippen LogP contribution in [0.5, 0.6) is 0 Å². The van der Waals surface area contributed by atoms with E-state index in [1.165, 1.54) is 0 Å². The highest BCUT2D eigenvalue weighted by atomic mass is 79.9. The van der Waals surface area contributed by atoms with Crippen LogP contribution in [0.1, 0.15) is 15.9 Å². The third-order valence-corrected chi connectivity index (χ3v) is 3.80. The van der Waals surface area contributed by atoms with E-state index in [1.54, 1.807) is 30.7 Å². The number of carbonyl (C=O) groups is 1. The molecule has 0 unspecified atom stereocenters. The highest BCUT2D eigenvalue weighted by molar-refractivity contribution is 9.10. The number of nitrogens with one attached hydrogen (secondary N) is 2. The van der Waals surface area contributed by atoms with Gasteiger partial charge >= 0.3 is 0 Å². The number of rotatable bonds is 5. The minimum atomic E-state index is -0.172. The molecule has 1 amide bonds. The Labute approximate surface area is 148 Å². The second-order valence-corrected chi connectivity index (χ2v) is 6.03. The standard InChI is InChI=1S/C18H15BrN4O/c19-15-5-1-4-14(9-15)18(24)23-16-6-7-17(22-12-16)21-11-13-3-2-8-20-10-13/h1-10,12H,11H2,(H,21,22)(H,23,24). The summed E-state index contributed by atoms with van der Waals surface area (Å²) in [4.78, 5) is 20.5. The maximum atomic E-state index is 12.2. The second-order valence-electron chi connectivity index (χ2n) is 5.11. The van der Waals surface area contributed by atoms with Crippen LogP contribution < -0.4 is 10.6 Å². The van der Waals surface area contributed by atoms with Gasteiger partial charge in [-0.3, -0.25) is 9.78 Å². The molecule has 24 heavy (non-hydrogen) atoms. The molecule has 0 aliphatic heterocycles. The number of anilines is 2. The van der Waals surface area contributed by atoms with E-state index in [9.17, 15) is 4.79 Å². The van der Waals surface area contributed by atoms with Gasteiger partial charge in [0.05, 0.1) is 11.9 Å². The van der Waals surface area contributed by atoms with Crippen LogP contribution >= 0.6 is 15.9 Å². The smallest absolute Gasteiger partial charge is 0.255 e. The van der Waals surface area contributed by atoms with Crippen molar-refractivity contribution in [2.75, 3.05) is 10.6 Å². The number of halogens is 1. The van der Waals surface area contributed by atoms with Gasteiger partial charge in [0.25, 0.3) is 5.91 Å². The molecule has 0 fully saturated rings. The van der Waals surface area contributed by atoms with Crippen LogP contribution in [0.15, 0.2) is 71.6 Å². The van der Waals surface area contributed by atoms with Crippen LogP contribution in [-0.4, -0.2) is 15.9 Å². The highest BCUT2D eigenvalue weighted by Gasteiger charge is 2.06. The molecule has 1 aromatic carbocycles. The summed E-state index contributed by atoms with van der Waals surface area (Å²) in [6, 6.07) is 14.8. The number of amides is 1. The molecule has 0 radical (unpaired) electrons. The van der Waals surface area contributed by atoms with Crippen LogP contribution in [0, 0.1) is 0 Å². The summed E-state index contributed by atoms with van der Waals surface area (Å²) in [7, 11) is 0. The van der Waals surface area contributed by atoms with E-state index in [-0.39, 0.29) is 5.91 Å². The summed E-state index contributed by atoms with van der Waals surface area (Å²) in [5.41, 5.74) is 2.31. The van der Waals surface area contributed by atoms with Gasteiger partial charge in [-0.2, -0.15) is 0 Å².